The van der Waals surface area contributed by atoms with Crippen molar-refractivity contribution in [2.45, 2.75) is 51.6 Å². The van der Waals surface area contributed by atoms with Crippen LogP contribution in [0.2, 0.25) is 0 Å². The minimum Gasteiger partial charge on any atom is -0.480 e. The molecule has 8 nitrogen and oxygen atoms in total. The summed E-state index contributed by atoms with van der Waals surface area (Å²) in [5.74, 6) is -0.534. The summed E-state index contributed by atoms with van der Waals surface area (Å²) in [4.78, 5) is 29.2. The quantitative estimate of drug-likeness (QED) is 0.287. The summed E-state index contributed by atoms with van der Waals surface area (Å²) >= 11 is 0. The molecule has 0 radical (unpaired) electrons. The van der Waals surface area contributed by atoms with Crippen LogP contribution in [0.1, 0.15) is 39.5 Å². The molecule has 0 aromatic carbocycles. The topological polar surface area (TPSA) is 148 Å². The molecule has 3 atom stereocenters. The summed E-state index contributed by atoms with van der Waals surface area (Å²) in [6.07, 6.45) is 2.30. The predicted octanol–water partition coefficient (Wildman–Crippen LogP) is -0.285. The lowest BCUT2D eigenvalue weighted by atomic mass is 9.82. The van der Waals surface area contributed by atoms with Gasteiger partial charge >= 0.3 is 5.97 Å². The van der Waals surface area contributed by atoms with Gasteiger partial charge in [-0.25, -0.2) is 4.79 Å². The molecule has 1 aliphatic rings. The van der Waals surface area contributed by atoms with Crippen molar-refractivity contribution >= 4 is 17.8 Å². The number of carboxylic acid groups (broad SMARTS) is 1. The van der Waals surface area contributed by atoms with Crippen LogP contribution < -0.4 is 17.2 Å². The molecule has 0 spiro atoms. The molecule has 0 aromatic rings. The highest BCUT2D eigenvalue weighted by atomic mass is 16.4. The Morgan fingerprint density at radius 2 is 2.00 bits per heavy atom. The molecule has 0 bridgehead atoms. The molecule has 1 unspecified atom stereocenters. The summed E-state index contributed by atoms with van der Waals surface area (Å²) in [7, 11) is 0. The summed E-state index contributed by atoms with van der Waals surface area (Å²) in [6.45, 7) is 5.01. The summed E-state index contributed by atoms with van der Waals surface area (Å²) in [6, 6.07) is -1.51. The number of aliphatic carboxylic acids is 1. The number of amides is 1. The van der Waals surface area contributed by atoms with Gasteiger partial charge in [0.05, 0.1) is 6.04 Å². The molecule has 0 aliphatic carbocycles. The van der Waals surface area contributed by atoms with Gasteiger partial charge in [0.15, 0.2) is 5.96 Å². The number of carbonyl (C=O) groups is 2. The van der Waals surface area contributed by atoms with Gasteiger partial charge in [-0.3, -0.25) is 9.79 Å². The molecule has 7 N–H and O–H groups in total. The molecular formula is C15H29N5O3. The average molecular weight is 327 g/mol. The molecule has 1 saturated heterocycles. The number of nitrogens with two attached hydrogens (primary N) is 3. The molecule has 8 heteroatoms. The number of hydrogen-bond donors (Lipinski definition) is 4. The molecule has 1 heterocycles. The molecule has 0 aromatic heterocycles. The smallest absolute Gasteiger partial charge is 0.326 e. The maximum absolute atomic E-state index is 12.5. The van der Waals surface area contributed by atoms with Crippen LogP contribution >= 0.6 is 0 Å². The van der Waals surface area contributed by atoms with E-state index in [1.54, 1.807) is 0 Å². The first-order valence-electron chi connectivity index (χ1n) is 8.08. The predicted molar refractivity (Wildman–Crippen MR) is 88.6 cm³/mol. The lowest BCUT2D eigenvalue weighted by Gasteiger charge is -2.39. The van der Waals surface area contributed by atoms with Gasteiger partial charge in [-0.2, -0.15) is 0 Å². The van der Waals surface area contributed by atoms with Crippen LogP contribution in [-0.4, -0.2) is 53.0 Å². The van der Waals surface area contributed by atoms with E-state index in [-0.39, 0.29) is 11.9 Å². The van der Waals surface area contributed by atoms with Crippen LogP contribution in [-0.2, 0) is 9.59 Å². The minimum atomic E-state index is -0.962. The van der Waals surface area contributed by atoms with Gasteiger partial charge in [0.2, 0.25) is 5.91 Å². The highest BCUT2D eigenvalue weighted by Gasteiger charge is 2.38. The van der Waals surface area contributed by atoms with Crippen molar-refractivity contribution in [2.75, 3.05) is 13.1 Å². The molecule has 0 saturated carbocycles. The molecular weight excluding hydrogens is 298 g/mol. The van der Waals surface area contributed by atoms with Crippen molar-refractivity contribution in [1.82, 2.24) is 4.90 Å². The van der Waals surface area contributed by atoms with Crippen molar-refractivity contribution in [3.05, 3.63) is 0 Å². The second-order valence-electron chi connectivity index (χ2n) is 6.47. The SMILES string of the molecule is CC(C)C1CCN(C(=O)[C@H](N)CCCN=C(N)N)[C@@H](C(=O)O)C1. The van der Waals surface area contributed by atoms with E-state index < -0.39 is 18.1 Å². The van der Waals surface area contributed by atoms with Gasteiger partial charge in [0, 0.05) is 13.1 Å². The highest BCUT2D eigenvalue weighted by Crippen LogP contribution is 2.29. The Kier molecular flexibility index (Phi) is 7.28. The highest BCUT2D eigenvalue weighted by molar-refractivity contribution is 5.87. The van der Waals surface area contributed by atoms with Crippen molar-refractivity contribution in [3.8, 4) is 0 Å². The van der Waals surface area contributed by atoms with Gasteiger partial charge in [-0.1, -0.05) is 13.8 Å². The summed E-state index contributed by atoms with van der Waals surface area (Å²) in [5.41, 5.74) is 16.4. The van der Waals surface area contributed by atoms with Crippen LogP contribution in [0, 0.1) is 11.8 Å². The number of guanidine groups is 1. The Morgan fingerprint density at radius 3 is 2.52 bits per heavy atom. The lowest BCUT2D eigenvalue weighted by Crippen LogP contribution is -2.55. The number of hydrogen-bond acceptors (Lipinski definition) is 4. The Balaban J connectivity index is 2.62. The largest absolute Gasteiger partial charge is 0.480 e. The monoisotopic (exact) mass is 327 g/mol. The fourth-order valence-electron chi connectivity index (χ4n) is 2.95. The van der Waals surface area contributed by atoms with E-state index in [0.29, 0.717) is 44.2 Å². The number of carboxylic acids is 1. The van der Waals surface area contributed by atoms with Gasteiger partial charge in [-0.05, 0) is 37.5 Å². The Bertz CT molecular complexity index is 448. The first-order chi connectivity index (χ1) is 10.7. The molecule has 1 aliphatic heterocycles. The van der Waals surface area contributed by atoms with Crippen molar-refractivity contribution in [2.24, 2.45) is 34.0 Å². The molecule has 1 rings (SSSR count). The van der Waals surface area contributed by atoms with Crippen molar-refractivity contribution < 1.29 is 14.7 Å². The fraction of sp³-hybridized carbons (Fsp3) is 0.800. The third-order valence-corrected chi connectivity index (χ3v) is 4.44. The fourth-order valence-corrected chi connectivity index (χ4v) is 2.95. The van der Waals surface area contributed by atoms with Crippen LogP contribution in [0.4, 0.5) is 0 Å². The van der Waals surface area contributed by atoms with Gasteiger partial charge in [0.25, 0.3) is 0 Å². The standard InChI is InChI=1S/C15H29N5O3/c1-9(2)10-5-7-20(12(8-10)14(22)23)13(21)11(16)4-3-6-19-15(17)18/h9-12H,3-8,16H2,1-2H3,(H,22,23)(H4,17,18,19)/t10?,11-,12-/m1/s1. The Hall–Kier alpha value is -1.83. The zero-order valence-electron chi connectivity index (χ0n) is 13.9. The zero-order chi connectivity index (χ0) is 17.6. The number of likely N-dealkylation sites (tertiary alicyclic amines) is 1. The van der Waals surface area contributed by atoms with Gasteiger partial charge in [-0.15, -0.1) is 0 Å². The average Bonchev–Trinajstić information content (AvgIpc) is 2.49. The lowest BCUT2D eigenvalue weighted by molar-refractivity contribution is -0.154. The molecule has 1 fully saturated rings. The van der Waals surface area contributed by atoms with E-state index in [1.807, 2.05) is 0 Å². The van der Waals surface area contributed by atoms with E-state index in [0.717, 1.165) is 6.42 Å². The zero-order valence-corrected chi connectivity index (χ0v) is 13.9. The Labute approximate surface area is 137 Å². The van der Waals surface area contributed by atoms with E-state index >= 15 is 0 Å². The minimum absolute atomic E-state index is 0.00611. The third kappa shape index (κ3) is 5.70. The number of aliphatic imine (C=N–C) groups is 1. The molecule has 132 valence electrons. The van der Waals surface area contributed by atoms with Crippen LogP contribution in [0.5, 0.6) is 0 Å². The number of carbonyl (C=O) groups excluding carboxylic acids is 1. The summed E-state index contributed by atoms with van der Waals surface area (Å²) in [5, 5.41) is 9.43. The number of piperidine rings is 1. The first kappa shape index (κ1) is 19.2. The number of rotatable bonds is 7. The normalized spacial score (nSPS) is 22.7. The van der Waals surface area contributed by atoms with Crippen LogP contribution in [0.3, 0.4) is 0 Å². The maximum Gasteiger partial charge on any atom is 0.326 e. The van der Waals surface area contributed by atoms with Gasteiger partial charge in [0.1, 0.15) is 6.04 Å². The van der Waals surface area contributed by atoms with Crippen LogP contribution in [0.25, 0.3) is 0 Å². The van der Waals surface area contributed by atoms with E-state index in [2.05, 4.69) is 18.8 Å². The third-order valence-electron chi connectivity index (χ3n) is 4.44. The van der Waals surface area contributed by atoms with Crippen molar-refractivity contribution in [3.63, 3.8) is 0 Å². The Morgan fingerprint density at radius 1 is 1.35 bits per heavy atom. The second kappa shape index (κ2) is 8.71. The number of nitrogens with zero attached hydrogens (tertiary/aromatic N) is 2. The van der Waals surface area contributed by atoms with Crippen molar-refractivity contribution in [1.29, 1.82) is 0 Å². The van der Waals surface area contributed by atoms with E-state index in [4.69, 9.17) is 17.2 Å². The second-order valence-corrected chi connectivity index (χ2v) is 6.47. The van der Waals surface area contributed by atoms with Crippen LogP contribution in [0.15, 0.2) is 4.99 Å². The summed E-state index contributed by atoms with van der Waals surface area (Å²) < 4.78 is 0. The molecule has 23 heavy (non-hydrogen) atoms. The maximum atomic E-state index is 12.5. The first-order valence-corrected chi connectivity index (χ1v) is 8.08. The van der Waals surface area contributed by atoms with Gasteiger partial charge < -0.3 is 27.2 Å². The van der Waals surface area contributed by atoms with E-state index in [9.17, 15) is 14.7 Å². The van der Waals surface area contributed by atoms with E-state index in [1.165, 1.54) is 4.90 Å². The molecule has 1 amide bonds.